The lowest BCUT2D eigenvalue weighted by atomic mass is 10.1. The van der Waals surface area contributed by atoms with Gasteiger partial charge in [0.25, 0.3) is 10.2 Å². The van der Waals surface area contributed by atoms with Gasteiger partial charge in [-0.25, -0.2) is 4.39 Å². The van der Waals surface area contributed by atoms with E-state index < -0.39 is 16.0 Å². The monoisotopic (exact) mass is 291 g/mol. The highest BCUT2D eigenvalue weighted by Crippen LogP contribution is 2.11. The van der Waals surface area contributed by atoms with Gasteiger partial charge in [-0.2, -0.15) is 17.4 Å². The zero-order chi connectivity index (χ0) is 13.9. The number of hydrogen-bond donors (Lipinski definition) is 2. The number of halogens is 1. The lowest BCUT2D eigenvalue weighted by Gasteiger charge is -2.12. The first-order valence-corrected chi connectivity index (χ1v) is 6.84. The molecule has 3 N–H and O–H groups in total. The summed E-state index contributed by atoms with van der Waals surface area (Å²) < 4.78 is 39.8. The van der Waals surface area contributed by atoms with Gasteiger partial charge in [0.2, 0.25) is 0 Å². The summed E-state index contributed by atoms with van der Waals surface area (Å²) in [6.45, 7) is -0.135. The van der Waals surface area contributed by atoms with Crippen LogP contribution in [0.5, 0.6) is 0 Å². The standard InChI is InChI=1S/C10H14FN3O2S2/c1-14(2)18(15,16)13-6-8-4-3-7(10(12)17)5-9(8)11/h3-5,13H,6H2,1-2H3,(H2,12,17). The minimum atomic E-state index is -3.57. The van der Waals surface area contributed by atoms with Gasteiger partial charge in [0.15, 0.2) is 0 Å². The van der Waals surface area contributed by atoms with E-state index in [4.69, 9.17) is 18.0 Å². The zero-order valence-corrected chi connectivity index (χ0v) is 11.6. The second-order valence-electron chi connectivity index (χ2n) is 3.78. The van der Waals surface area contributed by atoms with E-state index in [0.717, 1.165) is 4.31 Å². The van der Waals surface area contributed by atoms with Gasteiger partial charge in [0.1, 0.15) is 10.8 Å². The van der Waals surface area contributed by atoms with Crippen molar-refractivity contribution in [1.82, 2.24) is 9.03 Å². The zero-order valence-electron chi connectivity index (χ0n) is 9.97. The molecule has 0 aliphatic carbocycles. The summed E-state index contributed by atoms with van der Waals surface area (Å²) in [5.74, 6) is -0.554. The Balaban J connectivity index is 2.84. The maximum atomic E-state index is 13.6. The van der Waals surface area contributed by atoms with Crippen molar-refractivity contribution in [1.29, 1.82) is 0 Å². The third kappa shape index (κ3) is 3.70. The maximum absolute atomic E-state index is 13.6. The normalized spacial score (nSPS) is 11.8. The first-order valence-electron chi connectivity index (χ1n) is 4.99. The highest BCUT2D eigenvalue weighted by molar-refractivity contribution is 7.87. The van der Waals surface area contributed by atoms with Crippen molar-refractivity contribution in [2.24, 2.45) is 5.73 Å². The molecule has 0 radical (unpaired) electrons. The number of nitrogens with zero attached hydrogens (tertiary/aromatic N) is 1. The molecule has 18 heavy (non-hydrogen) atoms. The largest absolute Gasteiger partial charge is 0.389 e. The van der Waals surface area contributed by atoms with Gasteiger partial charge < -0.3 is 5.73 Å². The van der Waals surface area contributed by atoms with Crippen LogP contribution in [0.2, 0.25) is 0 Å². The molecule has 0 aromatic heterocycles. The second kappa shape index (κ2) is 5.70. The third-order valence-corrected chi connectivity index (χ3v) is 3.97. The van der Waals surface area contributed by atoms with Gasteiger partial charge >= 0.3 is 0 Å². The molecular formula is C10H14FN3O2S2. The Hall–Kier alpha value is -1.09. The molecule has 8 heteroatoms. The van der Waals surface area contributed by atoms with E-state index in [-0.39, 0.29) is 17.1 Å². The van der Waals surface area contributed by atoms with Crippen LogP contribution < -0.4 is 10.5 Å². The molecule has 1 aromatic rings. The number of nitrogens with two attached hydrogens (primary N) is 1. The summed E-state index contributed by atoms with van der Waals surface area (Å²) in [6, 6.07) is 4.17. The van der Waals surface area contributed by atoms with Crippen molar-refractivity contribution < 1.29 is 12.8 Å². The molecule has 0 amide bonds. The average Bonchev–Trinajstić information content (AvgIpc) is 2.26. The Kier molecular flexibility index (Phi) is 4.74. The van der Waals surface area contributed by atoms with Gasteiger partial charge in [0, 0.05) is 31.8 Å². The molecule has 0 aliphatic heterocycles. The van der Waals surface area contributed by atoms with E-state index in [1.54, 1.807) is 6.07 Å². The maximum Gasteiger partial charge on any atom is 0.279 e. The SMILES string of the molecule is CN(C)S(=O)(=O)NCc1ccc(C(N)=S)cc1F. The summed E-state index contributed by atoms with van der Waals surface area (Å²) in [7, 11) is -0.806. The summed E-state index contributed by atoms with van der Waals surface area (Å²) in [6.07, 6.45) is 0. The smallest absolute Gasteiger partial charge is 0.279 e. The fourth-order valence-corrected chi connectivity index (χ4v) is 1.87. The lowest BCUT2D eigenvalue weighted by Crippen LogP contribution is -2.35. The summed E-state index contributed by atoms with van der Waals surface area (Å²) in [5.41, 5.74) is 5.99. The Labute approximate surface area is 111 Å². The van der Waals surface area contributed by atoms with Crippen LogP contribution in [-0.4, -0.2) is 31.8 Å². The minimum Gasteiger partial charge on any atom is -0.389 e. The van der Waals surface area contributed by atoms with Crippen LogP contribution in [0.15, 0.2) is 18.2 Å². The van der Waals surface area contributed by atoms with Gasteiger partial charge in [-0.05, 0) is 6.07 Å². The van der Waals surface area contributed by atoms with Crippen LogP contribution in [0.4, 0.5) is 4.39 Å². The number of nitrogens with one attached hydrogen (secondary N) is 1. The quantitative estimate of drug-likeness (QED) is 0.768. The summed E-state index contributed by atoms with van der Waals surface area (Å²) >= 11 is 4.72. The van der Waals surface area contributed by atoms with Crippen LogP contribution in [0, 0.1) is 5.82 Å². The van der Waals surface area contributed by atoms with E-state index >= 15 is 0 Å². The molecule has 0 heterocycles. The van der Waals surface area contributed by atoms with Crippen molar-refractivity contribution >= 4 is 27.4 Å². The molecule has 0 unspecified atom stereocenters. The molecule has 0 saturated heterocycles. The molecular weight excluding hydrogens is 277 g/mol. The molecule has 1 aromatic carbocycles. The van der Waals surface area contributed by atoms with Crippen molar-refractivity contribution in [3.05, 3.63) is 35.1 Å². The Morgan fingerprint density at radius 1 is 1.50 bits per heavy atom. The topological polar surface area (TPSA) is 75.4 Å². The van der Waals surface area contributed by atoms with Gasteiger partial charge in [-0.1, -0.05) is 24.4 Å². The van der Waals surface area contributed by atoms with Crippen molar-refractivity contribution in [3.8, 4) is 0 Å². The molecule has 0 atom stereocenters. The summed E-state index contributed by atoms with van der Waals surface area (Å²) in [4.78, 5) is 0.0920. The van der Waals surface area contributed by atoms with Crippen molar-refractivity contribution in [2.45, 2.75) is 6.54 Å². The Bertz CT molecular complexity index is 558. The number of thiocarbonyl (C=S) groups is 1. The van der Waals surface area contributed by atoms with E-state index in [2.05, 4.69) is 4.72 Å². The molecule has 100 valence electrons. The molecule has 1 rings (SSSR count). The van der Waals surface area contributed by atoms with E-state index in [1.165, 1.54) is 26.2 Å². The third-order valence-electron chi connectivity index (χ3n) is 2.26. The molecule has 0 bridgehead atoms. The molecule has 0 fully saturated rings. The molecule has 0 aliphatic rings. The number of rotatable bonds is 5. The Morgan fingerprint density at radius 3 is 2.56 bits per heavy atom. The van der Waals surface area contributed by atoms with Gasteiger partial charge in [0.05, 0.1) is 0 Å². The second-order valence-corrected chi connectivity index (χ2v) is 6.19. The van der Waals surface area contributed by atoms with Crippen LogP contribution in [-0.2, 0) is 16.8 Å². The van der Waals surface area contributed by atoms with E-state index in [9.17, 15) is 12.8 Å². The van der Waals surface area contributed by atoms with Gasteiger partial charge in [-0.15, -0.1) is 0 Å². The van der Waals surface area contributed by atoms with E-state index in [1.807, 2.05) is 0 Å². The predicted molar refractivity (Wildman–Crippen MR) is 71.7 cm³/mol. The Morgan fingerprint density at radius 2 is 2.11 bits per heavy atom. The number of benzene rings is 1. The molecule has 5 nitrogen and oxygen atoms in total. The van der Waals surface area contributed by atoms with Gasteiger partial charge in [-0.3, -0.25) is 0 Å². The fourth-order valence-electron chi connectivity index (χ4n) is 1.14. The summed E-state index contributed by atoms with van der Waals surface area (Å²) in [5, 5.41) is 0. The minimum absolute atomic E-state index is 0.0920. The van der Waals surface area contributed by atoms with Crippen LogP contribution in [0.3, 0.4) is 0 Å². The molecule has 0 spiro atoms. The predicted octanol–water partition coefficient (Wildman–Crippen LogP) is 0.356. The first kappa shape index (κ1) is 15.0. The van der Waals surface area contributed by atoms with E-state index in [0.29, 0.717) is 5.56 Å². The first-order chi connectivity index (χ1) is 8.24. The van der Waals surface area contributed by atoms with Crippen LogP contribution in [0.25, 0.3) is 0 Å². The highest BCUT2D eigenvalue weighted by atomic mass is 32.2. The highest BCUT2D eigenvalue weighted by Gasteiger charge is 2.14. The molecule has 0 saturated carbocycles. The fraction of sp³-hybridized carbons (Fsp3) is 0.300. The average molecular weight is 291 g/mol. The van der Waals surface area contributed by atoms with Crippen LogP contribution >= 0.6 is 12.2 Å². The lowest BCUT2D eigenvalue weighted by molar-refractivity contribution is 0.503. The van der Waals surface area contributed by atoms with Crippen LogP contribution in [0.1, 0.15) is 11.1 Å². The number of hydrogen-bond acceptors (Lipinski definition) is 3. The van der Waals surface area contributed by atoms with Crippen molar-refractivity contribution in [2.75, 3.05) is 14.1 Å². The van der Waals surface area contributed by atoms with Crippen molar-refractivity contribution in [3.63, 3.8) is 0 Å².